The first-order chi connectivity index (χ1) is 8.20. The van der Waals surface area contributed by atoms with Gasteiger partial charge in [-0.2, -0.15) is 0 Å². The number of hydrogen-bond donors (Lipinski definition) is 1. The first kappa shape index (κ1) is 11.2. The van der Waals surface area contributed by atoms with E-state index in [1.165, 1.54) is 18.4 Å². The molecule has 0 spiro atoms. The van der Waals surface area contributed by atoms with Crippen molar-refractivity contribution >= 4 is 27.0 Å². The topological polar surface area (TPSA) is 43.8 Å². The van der Waals surface area contributed by atoms with Gasteiger partial charge in [0.25, 0.3) is 0 Å². The lowest BCUT2D eigenvalue weighted by atomic mass is 10.2. The van der Waals surface area contributed by atoms with E-state index >= 15 is 0 Å². The van der Waals surface area contributed by atoms with Gasteiger partial charge in [0.05, 0.1) is 17.1 Å². The second-order valence-corrected chi connectivity index (χ2v) is 5.63. The number of imidazole rings is 1. The maximum absolute atomic E-state index is 6.17. The monoisotopic (exact) mass is 293 g/mol. The van der Waals surface area contributed by atoms with Gasteiger partial charge in [0, 0.05) is 10.5 Å². The Bertz CT molecular complexity index is 557. The second-order valence-electron chi connectivity index (χ2n) is 4.72. The largest absolute Gasteiger partial charge is 0.324 e. The van der Waals surface area contributed by atoms with Crippen LogP contribution >= 0.6 is 15.9 Å². The predicted molar refractivity (Wildman–Crippen MR) is 72.9 cm³/mol. The molecule has 1 aliphatic rings. The maximum atomic E-state index is 6.17. The highest BCUT2D eigenvalue weighted by atomic mass is 79.9. The summed E-state index contributed by atoms with van der Waals surface area (Å²) >= 11 is 3.49. The summed E-state index contributed by atoms with van der Waals surface area (Å²) < 4.78 is 3.41. The van der Waals surface area contributed by atoms with Crippen LogP contribution in [0.25, 0.3) is 11.0 Å². The molecule has 1 saturated carbocycles. The van der Waals surface area contributed by atoms with E-state index in [-0.39, 0.29) is 6.04 Å². The van der Waals surface area contributed by atoms with E-state index < -0.39 is 0 Å². The molecule has 2 N–H and O–H groups in total. The number of nitrogens with zero attached hydrogens (tertiary/aromatic N) is 2. The highest BCUT2D eigenvalue weighted by molar-refractivity contribution is 9.10. The zero-order valence-corrected chi connectivity index (χ0v) is 11.4. The van der Waals surface area contributed by atoms with Crippen molar-refractivity contribution in [1.29, 1.82) is 0 Å². The summed E-state index contributed by atoms with van der Waals surface area (Å²) in [6.45, 7) is 2.11. The van der Waals surface area contributed by atoms with Crippen LogP contribution < -0.4 is 5.73 Å². The Labute approximate surface area is 109 Å². The molecule has 2 aromatic rings. The van der Waals surface area contributed by atoms with Crippen LogP contribution in [0, 0.1) is 0 Å². The van der Waals surface area contributed by atoms with E-state index in [0.29, 0.717) is 6.04 Å². The second kappa shape index (κ2) is 4.10. The summed E-state index contributed by atoms with van der Waals surface area (Å²) in [6, 6.07) is 6.94. The van der Waals surface area contributed by atoms with Gasteiger partial charge >= 0.3 is 0 Å². The van der Waals surface area contributed by atoms with Crippen LogP contribution in [0.2, 0.25) is 0 Å². The Morgan fingerprint density at radius 2 is 2.29 bits per heavy atom. The molecule has 17 heavy (non-hydrogen) atoms. The molecule has 1 aromatic heterocycles. The molecule has 1 unspecified atom stereocenters. The summed E-state index contributed by atoms with van der Waals surface area (Å²) in [5, 5.41) is 0. The molecular weight excluding hydrogens is 278 g/mol. The molecule has 0 bridgehead atoms. The zero-order chi connectivity index (χ0) is 12.0. The molecule has 1 heterocycles. The van der Waals surface area contributed by atoms with Gasteiger partial charge in [-0.05, 0) is 37.5 Å². The van der Waals surface area contributed by atoms with Crippen molar-refractivity contribution in [1.82, 2.24) is 9.55 Å². The molecule has 4 heteroatoms. The zero-order valence-electron chi connectivity index (χ0n) is 9.86. The van der Waals surface area contributed by atoms with Crippen molar-refractivity contribution in [2.75, 3.05) is 0 Å². The van der Waals surface area contributed by atoms with Gasteiger partial charge in [-0.3, -0.25) is 0 Å². The van der Waals surface area contributed by atoms with E-state index in [9.17, 15) is 0 Å². The van der Waals surface area contributed by atoms with Gasteiger partial charge in [0.15, 0.2) is 0 Å². The minimum absolute atomic E-state index is 0.0433. The fraction of sp³-hybridized carbons (Fsp3) is 0.462. The average molecular weight is 294 g/mol. The third-order valence-corrected chi connectivity index (χ3v) is 3.86. The van der Waals surface area contributed by atoms with Crippen LogP contribution in [0.15, 0.2) is 22.7 Å². The summed E-state index contributed by atoms with van der Waals surface area (Å²) in [4.78, 5) is 4.71. The van der Waals surface area contributed by atoms with Crippen LogP contribution in [0.5, 0.6) is 0 Å². The minimum atomic E-state index is 0.0433. The molecule has 1 fully saturated rings. The number of nitrogens with two attached hydrogens (primary N) is 1. The number of benzene rings is 1. The Balaban J connectivity index is 2.22. The lowest BCUT2D eigenvalue weighted by molar-refractivity contribution is 0.590. The fourth-order valence-corrected chi connectivity index (χ4v) is 2.60. The van der Waals surface area contributed by atoms with Gasteiger partial charge in [-0.15, -0.1) is 0 Å². The summed E-state index contributed by atoms with van der Waals surface area (Å²) in [5.41, 5.74) is 8.43. The highest BCUT2D eigenvalue weighted by Gasteiger charge is 2.29. The first-order valence-corrected chi connectivity index (χ1v) is 6.93. The van der Waals surface area contributed by atoms with E-state index in [0.717, 1.165) is 22.2 Å². The molecule has 3 nitrogen and oxygen atoms in total. The van der Waals surface area contributed by atoms with Crippen molar-refractivity contribution in [3.63, 3.8) is 0 Å². The minimum Gasteiger partial charge on any atom is -0.324 e. The van der Waals surface area contributed by atoms with E-state index in [1.54, 1.807) is 0 Å². The summed E-state index contributed by atoms with van der Waals surface area (Å²) in [5.74, 6) is 1.04. The summed E-state index contributed by atoms with van der Waals surface area (Å²) in [7, 11) is 0. The highest BCUT2D eigenvalue weighted by Crippen LogP contribution is 2.40. The van der Waals surface area contributed by atoms with Crippen LogP contribution in [0.3, 0.4) is 0 Å². The average Bonchev–Trinajstić information content (AvgIpc) is 3.09. The molecule has 0 amide bonds. The Kier molecular flexibility index (Phi) is 2.71. The van der Waals surface area contributed by atoms with Crippen molar-refractivity contribution < 1.29 is 0 Å². The SMILES string of the molecule is CCC(N)c1nc2cc(Br)ccc2n1C1CC1. The van der Waals surface area contributed by atoms with Crippen molar-refractivity contribution in [3.05, 3.63) is 28.5 Å². The predicted octanol–water partition coefficient (Wildman–Crippen LogP) is 3.54. The van der Waals surface area contributed by atoms with Crippen LogP contribution in [0.4, 0.5) is 0 Å². The van der Waals surface area contributed by atoms with Crippen LogP contribution in [0.1, 0.15) is 44.1 Å². The fourth-order valence-electron chi connectivity index (χ4n) is 2.25. The van der Waals surface area contributed by atoms with Crippen LogP contribution in [-0.4, -0.2) is 9.55 Å². The summed E-state index contributed by atoms with van der Waals surface area (Å²) in [6.07, 6.45) is 3.44. The van der Waals surface area contributed by atoms with Gasteiger partial charge in [0.2, 0.25) is 0 Å². The smallest absolute Gasteiger partial charge is 0.127 e. The van der Waals surface area contributed by atoms with Crippen molar-refractivity contribution in [2.24, 2.45) is 5.73 Å². The Morgan fingerprint density at radius 1 is 1.53 bits per heavy atom. The molecule has 0 radical (unpaired) electrons. The standard InChI is InChI=1S/C13H16BrN3/c1-2-10(15)13-16-11-7-8(14)3-6-12(11)17(13)9-4-5-9/h3,6-7,9-10H,2,4-5,15H2,1H3. The molecule has 90 valence electrons. The number of halogens is 1. The molecule has 1 aliphatic carbocycles. The van der Waals surface area contributed by atoms with Gasteiger partial charge in [0.1, 0.15) is 5.82 Å². The lowest BCUT2D eigenvalue weighted by Crippen LogP contribution is -2.15. The number of hydrogen-bond acceptors (Lipinski definition) is 2. The molecule has 0 saturated heterocycles. The van der Waals surface area contributed by atoms with Crippen molar-refractivity contribution in [3.8, 4) is 0 Å². The lowest BCUT2D eigenvalue weighted by Gasteiger charge is -2.12. The van der Waals surface area contributed by atoms with E-state index in [4.69, 9.17) is 10.7 Å². The molecule has 3 rings (SSSR count). The van der Waals surface area contributed by atoms with Gasteiger partial charge in [-0.25, -0.2) is 4.98 Å². The van der Waals surface area contributed by atoms with E-state index in [1.807, 2.05) is 0 Å². The maximum Gasteiger partial charge on any atom is 0.127 e. The van der Waals surface area contributed by atoms with Gasteiger partial charge < -0.3 is 10.3 Å². The molecule has 1 atom stereocenters. The molecule has 1 aromatic carbocycles. The molecular formula is C13H16BrN3. The first-order valence-electron chi connectivity index (χ1n) is 6.13. The van der Waals surface area contributed by atoms with Crippen molar-refractivity contribution in [2.45, 2.75) is 38.3 Å². The normalized spacial score (nSPS) is 17.6. The quantitative estimate of drug-likeness (QED) is 0.941. The number of fused-ring (bicyclic) bond motifs is 1. The Hall–Kier alpha value is -0.870. The number of rotatable bonds is 3. The Morgan fingerprint density at radius 3 is 2.94 bits per heavy atom. The number of aromatic nitrogens is 2. The third-order valence-electron chi connectivity index (χ3n) is 3.36. The van der Waals surface area contributed by atoms with Gasteiger partial charge in [-0.1, -0.05) is 22.9 Å². The van der Waals surface area contributed by atoms with E-state index in [2.05, 4.69) is 45.6 Å². The molecule has 0 aliphatic heterocycles. The van der Waals surface area contributed by atoms with Crippen LogP contribution in [-0.2, 0) is 0 Å². The third kappa shape index (κ3) is 1.89.